The summed E-state index contributed by atoms with van der Waals surface area (Å²) in [6, 6.07) is 11.2. The summed E-state index contributed by atoms with van der Waals surface area (Å²) in [7, 11) is 0. The summed E-state index contributed by atoms with van der Waals surface area (Å²) in [6.07, 6.45) is 0. The number of benzene rings is 1. The van der Waals surface area contributed by atoms with Gasteiger partial charge in [0.25, 0.3) is 0 Å². The van der Waals surface area contributed by atoms with E-state index in [1.807, 2.05) is 50.2 Å². The minimum atomic E-state index is -0.0362. The average Bonchev–Trinajstić information content (AvgIpc) is 2.28. The van der Waals surface area contributed by atoms with E-state index in [9.17, 15) is 0 Å². The SMILES string of the molecule is Cc1cc(C)c(C(=N)N)c(Oc2ccccc2)n1. The number of nitrogens with zero attached hydrogens (tertiary/aromatic N) is 1. The van der Waals surface area contributed by atoms with Gasteiger partial charge < -0.3 is 10.5 Å². The molecule has 0 radical (unpaired) electrons. The van der Waals surface area contributed by atoms with Gasteiger partial charge in [-0.2, -0.15) is 0 Å². The van der Waals surface area contributed by atoms with E-state index < -0.39 is 0 Å². The molecule has 92 valence electrons. The highest BCUT2D eigenvalue weighted by Gasteiger charge is 2.13. The summed E-state index contributed by atoms with van der Waals surface area (Å²) in [6.45, 7) is 3.78. The van der Waals surface area contributed by atoms with Crippen LogP contribution in [0.25, 0.3) is 0 Å². The third kappa shape index (κ3) is 2.48. The van der Waals surface area contributed by atoms with Crippen LogP contribution in [0.4, 0.5) is 0 Å². The molecule has 0 spiro atoms. The Hall–Kier alpha value is -2.36. The lowest BCUT2D eigenvalue weighted by Gasteiger charge is -2.12. The summed E-state index contributed by atoms with van der Waals surface area (Å²) >= 11 is 0. The predicted octanol–water partition coefficient (Wildman–Crippen LogP) is 2.77. The van der Waals surface area contributed by atoms with Gasteiger partial charge in [-0.15, -0.1) is 0 Å². The van der Waals surface area contributed by atoms with Gasteiger partial charge in [0.05, 0.1) is 5.56 Å². The number of hydrogen-bond donors (Lipinski definition) is 2. The van der Waals surface area contributed by atoms with Crippen LogP contribution in [0.1, 0.15) is 16.8 Å². The van der Waals surface area contributed by atoms with Crippen molar-refractivity contribution in [2.24, 2.45) is 5.73 Å². The Morgan fingerprint density at radius 2 is 1.89 bits per heavy atom. The summed E-state index contributed by atoms with van der Waals surface area (Å²) in [5.74, 6) is 1.02. The maximum absolute atomic E-state index is 7.61. The van der Waals surface area contributed by atoms with Gasteiger partial charge in [0, 0.05) is 5.69 Å². The number of rotatable bonds is 3. The Labute approximate surface area is 106 Å². The first-order chi connectivity index (χ1) is 8.58. The van der Waals surface area contributed by atoms with E-state index in [0.717, 1.165) is 11.3 Å². The molecule has 1 heterocycles. The minimum absolute atomic E-state index is 0.0362. The molecule has 1 aromatic carbocycles. The molecule has 0 aliphatic carbocycles. The zero-order valence-corrected chi connectivity index (χ0v) is 10.4. The maximum atomic E-state index is 7.61. The van der Waals surface area contributed by atoms with Crippen LogP contribution in [0.5, 0.6) is 11.6 Å². The minimum Gasteiger partial charge on any atom is -0.438 e. The highest BCUT2D eigenvalue weighted by Crippen LogP contribution is 2.25. The molecule has 0 fully saturated rings. The van der Waals surface area contributed by atoms with Gasteiger partial charge in [0.15, 0.2) is 0 Å². The molecule has 0 amide bonds. The number of aryl methyl sites for hydroxylation is 2. The van der Waals surface area contributed by atoms with Crippen molar-refractivity contribution in [3.8, 4) is 11.6 Å². The number of ether oxygens (including phenoxy) is 1. The second kappa shape index (κ2) is 4.87. The average molecular weight is 241 g/mol. The van der Waals surface area contributed by atoms with Gasteiger partial charge in [-0.05, 0) is 37.6 Å². The van der Waals surface area contributed by atoms with Crippen LogP contribution >= 0.6 is 0 Å². The fourth-order valence-electron chi connectivity index (χ4n) is 1.80. The molecule has 0 atom stereocenters. The number of nitrogen functional groups attached to an aromatic ring is 1. The molecule has 0 saturated carbocycles. The second-order valence-corrected chi connectivity index (χ2v) is 4.09. The van der Waals surface area contributed by atoms with E-state index in [1.54, 1.807) is 0 Å². The van der Waals surface area contributed by atoms with E-state index in [0.29, 0.717) is 17.2 Å². The quantitative estimate of drug-likeness (QED) is 0.641. The topological polar surface area (TPSA) is 72.0 Å². The maximum Gasteiger partial charge on any atom is 0.230 e. The van der Waals surface area contributed by atoms with Gasteiger partial charge in [-0.1, -0.05) is 18.2 Å². The van der Waals surface area contributed by atoms with Crippen molar-refractivity contribution >= 4 is 5.84 Å². The van der Waals surface area contributed by atoms with E-state index in [2.05, 4.69) is 4.98 Å². The van der Waals surface area contributed by atoms with Crippen LogP contribution in [-0.4, -0.2) is 10.8 Å². The largest absolute Gasteiger partial charge is 0.438 e. The van der Waals surface area contributed by atoms with Gasteiger partial charge in [0.2, 0.25) is 5.88 Å². The molecular formula is C14H15N3O. The van der Waals surface area contributed by atoms with E-state index in [4.69, 9.17) is 15.9 Å². The van der Waals surface area contributed by atoms with Gasteiger partial charge in [0.1, 0.15) is 11.6 Å². The molecule has 2 aromatic rings. The molecule has 18 heavy (non-hydrogen) atoms. The Morgan fingerprint density at radius 1 is 1.22 bits per heavy atom. The summed E-state index contributed by atoms with van der Waals surface area (Å²) in [5.41, 5.74) is 7.85. The fraction of sp³-hybridized carbons (Fsp3) is 0.143. The normalized spacial score (nSPS) is 10.1. The third-order valence-corrected chi connectivity index (χ3v) is 2.54. The Morgan fingerprint density at radius 3 is 2.50 bits per heavy atom. The highest BCUT2D eigenvalue weighted by molar-refractivity contribution is 5.98. The van der Waals surface area contributed by atoms with E-state index in [1.165, 1.54) is 0 Å². The summed E-state index contributed by atoms with van der Waals surface area (Å²) in [5, 5.41) is 7.61. The molecule has 3 N–H and O–H groups in total. The first-order valence-corrected chi connectivity index (χ1v) is 5.63. The van der Waals surface area contributed by atoms with Crippen LogP contribution in [0.15, 0.2) is 36.4 Å². The molecule has 4 heteroatoms. The highest BCUT2D eigenvalue weighted by atomic mass is 16.5. The molecule has 2 rings (SSSR count). The Balaban J connectivity index is 2.46. The molecule has 0 aliphatic heterocycles. The van der Waals surface area contributed by atoms with Crippen LogP contribution in [0.3, 0.4) is 0 Å². The van der Waals surface area contributed by atoms with Gasteiger partial charge in [-0.25, -0.2) is 4.98 Å². The van der Waals surface area contributed by atoms with E-state index in [-0.39, 0.29) is 5.84 Å². The third-order valence-electron chi connectivity index (χ3n) is 2.54. The van der Waals surface area contributed by atoms with Gasteiger partial charge >= 0.3 is 0 Å². The predicted molar refractivity (Wildman–Crippen MR) is 71.2 cm³/mol. The monoisotopic (exact) mass is 241 g/mol. The van der Waals surface area contributed by atoms with Crippen LogP contribution < -0.4 is 10.5 Å². The van der Waals surface area contributed by atoms with Crippen LogP contribution in [0, 0.1) is 19.3 Å². The number of pyridine rings is 1. The number of amidine groups is 1. The molecule has 4 nitrogen and oxygen atoms in total. The van der Waals surface area contributed by atoms with Gasteiger partial charge in [-0.3, -0.25) is 5.41 Å². The number of para-hydroxylation sites is 1. The Bertz CT molecular complexity index is 579. The van der Waals surface area contributed by atoms with E-state index >= 15 is 0 Å². The number of hydrogen-bond acceptors (Lipinski definition) is 3. The second-order valence-electron chi connectivity index (χ2n) is 4.09. The Kier molecular flexibility index (Phi) is 3.28. The van der Waals surface area contributed by atoms with Crippen molar-refractivity contribution < 1.29 is 4.74 Å². The van der Waals surface area contributed by atoms with Crippen LogP contribution in [0.2, 0.25) is 0 Å². The first-order valence-electron chi connectivity index (χ1n) is 5.63. The molecule has 0 unspecified atom stereocenters. The van der Waals surface area contributed by atoms with Crippen molar-refractivity contribution in [2.45, 2.75) is 13.8 Å². The summed E-state index contributed by atoms with van der Waals surface area (Å²) < 4.78 is 5.70. The summed E-state index contributed by atoms with van der Waals surface area (Å²) in [4.78, 5) is 4.31. The lowest BCUT2D eigenvalue weighted by molar-refractivity contribution is 0.460. The number of nitrogens with two attached hydrogens (primary N) is 1. The fourth-order valence-corrected chi connectivity index (χ4v) is 1.80. The molecule has 0 saturated heterocycles. The molecular weight excluding hydrogens is 226 g/mol. The lowest BCUT2D eigenvalue weighted by atomic mass is 10.1. The smallest absolute Gasteiger partial charge is 0.230 e. The molecule has 0 aliphatic rings. The zero-order valence-electron chi connectivity index (χ0n) is 10.4. The van der Waals surface area contributed by atoms with Crippen molar-refractivity contribution in [1.82, 2.24) is 4.98 Å². The number of aromatic nitrogens is 1. The standard InChI is InChI=1S/C14H15N3O/c1-9-8-10(2)17-14(12(9)13(15)16)18-11-6-4-3-5-7-11/h3-8H,1-2H3,(H3,15,16). The first kappa shape index (κ1) is 12.1. The molecule has 0 bridgehead atoms. The van der Waals surface area contributed by atoms with Crippen molar-refractivity contribution in [3.05, 3.63) is 53.2 Å². The van der Waals surface area contributed by atoms with Crippen molar-refractivity contribution in [2.75, 3.05) is 0 Å². The number of nitrogens with one attached hydrogen (secondary N) is 1. The van der Waals surface area contributed by atoms with Crippen molar-refractivity contribution in [1.29, 1.82) is 5.41 Å². The lowest BCUT2D eigenvalue weighted by Crippen LogP contribution is -2.15. The van der Waals surface area contributed by atoms with Crippen molar-refractivity contribution in [3.63, 3.8) is 0 Å². The molecule has 1 aromatic heterocycles. The van der Waals surface area contributed by atoms with Crippen LogP contribution in [-0.2, 0) is 0 Å². The zero-order chi connectivity index (χ0) is 13.1.